The third-order valence-corrected chi connectivity index (χ3v) is 12.3. The average molecular weight is 713 g/mol. The smallest absolute Gasteiger partial charge is 0.116 e. The van der Waals surface area contributed by atoms with Gasteiger partial charge in [0, 0.05) is 31.3 Å². The van der Waals surface area contributed by atoms with E-state index >= 15 is 0 Å². The number of nitrogens with zero attached hydrogens (tertiary/aromatic N) is 4. The third kappa shape index (κ3) is 5.84. The minimum atomic E-state index is 0.192. The fraction of sp³-hybridized carbons (Fsp3) is 0.217. The van der Waals surface area contributed by atoms with Gasteiger partial charge in [0.1, 0.15) is 12.7 Å². The molecule has 0 spiro atoms. The second-order valence-corrected chi connectivity index (χ2v) is 18.4. The molecule has 0 atom stereocenters. The van der Waals surface area contributed by atoms with Gasteiger partial charge in [0.05, 0.1) is 31.8 Å². The molecular formula is C46H40N4S2. The molecule has 4 heterocycles. The van der Waals surface area contributed by atoms with Crippen LogP contribution in [0.1, 0.15) is 52.7 Å². The van der Waals surface area contributed by atoms with Crippen LogP contribution in [0.3, 0.4) is 0 Å². The highest BCUT2D eigenvalue weighted by Crippen LogP contribution is 2.43. The van der Waals surface area contributed by atoms with Crippen molar-refractivity contribution in [2.24, 2.45) is 10.8 Å². The van der Waals surface area contributed by atoms with Gasteiger partial charge in [-0.25, -0.2) is 19.9 Å². The van der Waals surface area contributed by atoms with E-state index in [9.17, 15) is 0 Å². The van der Waals surface area contributed by atoms with E-state index in [2.05, 4.69) is 139 Å². The van der Waals surface area contributed by atoms with Gasteiger partial charge in [0.15, 0.2) is 0 Å². The van der Waals surface area contributed by atoms with E-state index in [1.807, 2.05) is 22.7 Å². The van der Waals surface area contributed by atoms with E-state index in [4.69, 9.17) is 19.9 Å². The predicted octanol–water partition coefficient (Wildman–Crippen LogP) is 13.3. The summed E-state index contributed by atoms with van der Waals surface area (Å²) >= 11 is 3.65. The number of aromatic nitrogens is 4. The fourth-order valence-corrected chi connectivity index (χ4v) is 10.2. The minimum absolute atomic E-state index is 0.192. The molecule has 9 rings (SSSR count). The molecule has 9 aromatic rings. The molecule has 0 aliphatic carbocycles. The van der Waals surface area contributed by atoms with Gasteiger partial charge in [0.25, 0.3) is 0 Å². The van der Waals surface area contributed by atoms with Crippen molar-refractivity contribution < 1.29 is 0 Å². The summed E-state index contributed by atoms with van der Waals surface area (Å²) in [5.41, 5.74) is 11.7. The van der Waals surface area contributed by atoms with Gasteiger partial charge >= 0.3 is 0 Å². The Labute approximate surface area is 312 Å². The van der Waals surface area contributed by atoms with Crippen molar-refractivity contribution in [3.63, 3.8) is 0 Å². The lowest BCUT2D eigenvalue weighted by Crippen LogP contribution is -2.08. The van der Waals surface area contributed by atoms with Gasteiger partial charge in [-0.15, -0.1) is 22.7 Å². The highest BCUT2D eigenvalue weighted by atomic mass is 32.1. The van der Waals surface area contributed by atoms with Crippen LogP contribution in [-0.4, -0.2) is 19.9 Å². The summed E-state index contributed by atoms with van der Waals surface area (Å²) in [6.07, 6.45) is 5.47. The fourth-order valence-electron chi connectivity index (χ4n) is 7.65. The van der Waals surface area contributed by atoms with Crippen molar-refractivity contribution in [2.75, 3.05) is 0 Å². The summed E-state index contributed by atoms with van der Waals surface area (Å²) in [5.74, 6) is 0. The topological polar surface area (TPSA) is 51.6 Å². The van der Waals surface area contributed by atoms with Crippen LogP contribution in [0, 0.1) is 10.8 Å². The van der Waals surface area contributed by atoms with E-state index in [1.54, 1.807) is 12.7 Å². The van der Waals surface area contributed by atoms with Crippen LogP contribution in [-0.2, 0) is 12.8 Å². The standard InChI is InChI=1S/C46H40N4S2/c1-45(2,3)23-31-14-9-17-34-39-43(51-41(31)34)37(47-25-49-39)29-13-7-12-28(21-29)33-16-8-11-27-19-20-30(22-36(27)33)38-44-40(50-26-48-38)35-18-10-15-32(42(35)52-44)24-46(4,5)6/h7-22,25-26H,23-24H2,1-6H3. The molecular weight excluding hydrogens is 673 g/mol. The van der Waals surface area contributed by atoms with E-state index in [0.717, 1.165) is 61.4 Å². The molecule has 0 radical (unpaired) electrons. The number of thiophene rings is 2. The molecule has 0 fully saturated rings. The molecule has 0 bridgehead atoms. The van der Waals surface area contributed by atoms with Gasteiger partial charge in [0.2, 0.25) is 0 Å². The van der Waals surface area contributed by atoms with Gasteiger partial charge in [-0.05, 0) is 68.8 Å². The molecule has 0 aliphatic heterocycles. The highest BCUT2D eigenvalue weighted by Gasteiger charge is 2.21. The molecule has 0 N–H and O–H groups in total. The Hall–Kier alpha value is -5.04. The minimum Gasteiger partial charge on any atom is -0.235 e. The van der Waals surface area contributed by atoms with Crippen LogP contribution >= 0.6 is 22.7 Å². The lowest BCUT2D eigenvalue weighted by molar-refractivity contribution is 0.412. The largest absolute Gasteiger partial charge is 0.235 e. The van der Waals surface area contributed by atoms with Crippen molar-refractivity contribution in [3.05, 3.63) is 121 Å². The Balaban J connectivity index is 1.16. The van der Waals surface area contributed by atoms with E-state index in [0.29, 0.717) is 0 Å². The molecule has 0 amide bonds. The van der Waals surface area contributed by atoms with Gasteiger partial charge in [-0.2, -0.15) is 0 Å². The Morgan fingerprint density at radius 3 is 1.56 bits per heavy atom. The maximum Gasteiger partial charge on any atom is 0.116 e. The molecule has 4 aromatic heterocycles. The van der Waals surface area contributed by atoms with Crippen LogP contribution in [0.4, 0.5) is 0 Å². The average Bonchev–Trinajstić information content (AvgIpc) is 3.70. The highest BCUT2D eigenvalue weighted by molar-refractivity contribution is 7.26. The summed E-state index contributed by atoms with van der Waals surface area (Å²) in [7, 11) is 0. The second-order valence-electron chi connectivity index (χ2n) is 16.4. The molecule has 0 unspecified atom stereocenters. The van der Waals surface area contributed by atoms with Crippen molar-refractivity contribution in [1.82, 2.24) is 19.9 Å². The summed E-state index contributed by atoms with van der Waals surface area (Å²) in [6.45, 7) is 13.8. The Morgan fingerprint density at radius 2 is 0.981 bits per heavy atom. The lowest BCUT2D eigenvalue weighted by atomic mass is 9.88. The zero-order valence-corrected chi connectivity index (χ0v) is 32.0. The van der Waals surface area contributed by atoms with E-state index < -0.39 is 0 Å². The van der Waals surface area contributed by atoms with Crippen molar-refractivity contribution in [2.45, 2.75) is 54.4 Å². The van der Waals surface area contributed by atoms with Crippen molar-refractivity contribution in [3.8, 4) is 33.6 Å². The zero-order valence-electron chi connectivity index (χ0n) is 30.4. The molecule has 0 saturated heterocycles. The first-order chi connectivity index (χ1) is 25.0. The summed E-state index contributed by atoms with van der Waals surface area (Å²) in [6, 6.07) is 35.4. The maximum absolute atomic E-state index is 4.90. The lowest BCUT2D eigenvalue weighted by Gasteiger charge is -2.18. The number of benzene rings is 5. The summed E-state index contributed by atoms with van der Waals surface area (Å²) < 4.78 is 4.91. The first-order valence-electron chi connectivity index (χ1n) is 17.9. The monoisotopic (exact) mass is 712 g/mol. The summed E-state index contributed by atoms with van der Waals surface area (Å²) in [4.78, 5) is 19.4. The normalized spacial score (nSPS) is 12.6. The number of hydrogen-bond acceptors (Lipinski definition) is 6. The molecule has 5 aromatic carbocycles. The first kappa shape index (κ1) is 32.8. The maximum atomic E-state index is 4.90. The number of fused-ring (bicyclic) bond motifs is 7. The van der Waals surface area contributed by atoms with Crippen LogP contribution < -0.4 is 0 Å². The van der Waals surface area contributed by atoms with Gasteiger partial charge < -0.3 is 0 Å². The van der Waals surface area contributed by atoms with E-state index in [1.165, 1.54) is 47.6 Å². The van der Waals surface area contributed by atoms with Gasteiger partial charge in [-0.3, -0.25) is 0 Å². The summed E-state index contributed by atoms with van der Waals surface area (Å²) in [5, 5.41) is 4.82. The molecule has 256 valence electrons. The van der Waals surface area contributed by atoms with Gasteiger partial charge in [-0.1, -0.05) is 126 Å². The Bertz CT molecular complexity index is 2830. The molecule has 0 saturated carbocycles. The number of rotatable bonds is 5. The zero-order chi connectivity index (χ0) is 35.8. The predicted molar refractivity (Wildman–Crippen MR) is 224 cm³/mol. The Kier molecular flexibility index (Phi) is 7.76. The Morgan fingerprint density at radius 1 is 0.462 bits per heavy atom. The van der Waals surface area contributed by atoms with Crippen molar-refractivity contribution in [1.29, 1.82) is 0 Å². The van der Waals surface area contributed by atoms with Crippen molar-refractivity contribution >= 4 is 74.1 Å². The van der Waals surface area contributed by atoms with Crippen LogP contribution in [0.5, 0.6) is 0 Å². The van der Waals surface area contributed by atoms with Crippen LogP contribution in [0.25, 0.3) is 85.0 Å². The van der Waals surface area contributed by atoms with Crippen LogP contribution in [0.2, 0.25) is 0 Å². The second kappa shape index (κ2) is 12.3. The van der Waals surface area contributed by atoms with Crippen LogP contribution in [0.15, 0.2) is 110 Å². The SMILES string of the molecule is CC(C)(C)Cc1cccc2c1sc1c(-c3cccc(-c4cccc5ccc(-c6ncnc7c6sc6c(CC(C)(C)C)cccc67)cc45)c3)ncnc12. The quantitative estimate of drug-likeness (QED) is 0.178. The first-order valence-corrected chi connectivity index (χ1v) is 19.6. The molecule has 6 heteroatoms. The number of hydrogen-bond donors (Lipinski definition) is 0. The van der Waals surface area contributed by atoms with E-state index in [-0.39, 0.29) is 10.8 Å². The molecule has 4 nitrogen and oxygen atoms in total. The third-order valence-electron chi connectivity index (χ3n) is 9.76. The molecule has 0 aliphatic rings. The molecule has 52 heavy (non-hydrogen) atoms.